The van der Waals surface area contributed by atoms with Crippen LogP contribution in [0.2, 0.25) is 0 Å². The molecule has 0 radical (unpaired) electrons. The van der Waals surface area contributed by atoms with Crippen molar-refractivity contribution in [2.24, 2.45) is 23.5 Å². The lowest BCUT2D eigenvalue weighted by Crippen LogP contribution is -2.43. The van der Waals surface area contributed by atoms with Gasteiger partial charge in [0, 0.05) is 6.04 Å². The van der Waals surface area contributed by atoms with E-state index < -0.39 is 0 Å². The van der Waals surface area contributed by atoms with Crippen molar-refractivity contribution in [1.29, 1.82) is 0 Å². The minimum Gasteiger partial charge on any atom is -0.330 e. The van der Waals surface area contributed by atoms with E-state index in [9.17, 15) is 0 Å². The van der Waals surface area contributed by atoms with E-state index >= 15 is 0 Å². The van der Waals surface area contributed by atoms with Gasteiger partial charge in [0.2, 0.25) is 0 Å². The van der Waals surface area contributed by atoms with Crippen molar-refractivity contribution in [1.82, 2.24) is 5.32 Å². The van der Waals surface area contributed by atoms with E-state index in [2.05, 4.69) is 12.2 Å². The Kier molecular flexibility index (Phi) is 3.45. The summed E-state index contributed by atoms with van der Waals surface area (Å²) in [5, 5.41) is 3.70. The van der Waals surface area contributed by atoms with Crippen molar-refractivity contribution in [2.45, 2.75) is 45.1 Å². The van der Waals surface area contributed by atoms with Crippen LogP contribution in [0.25, 0.3) is 0 Å². The highest BCUT2D eigenvalue weighted by Gasteiger charge is 2.29. The Morgan fingerprint density at radius 2 is 1.93 bits per heavy atom. The summed E-state index contributed by atoms with van der Waals surface area (Å²) in [5.41, 5.74) is 5.77. The Morgan fingerprint density at radius 1 is 1.21 bits per heavy atom. The van der Waals surface area contributed by atoms with E-state index in [1.807, 2.05) is 0 Å². The maximum atomic E-state index is 5.77. The number of hydrogen-bond donors (Lipinski definition) is 2. The van der Waals surface area contributed by atoms with Crippen molar-refractivity contribution in [3.8, 4) is 0 Å². The van der Waals surface area contributed by atoms with Crippen LogP contribution >= 0.6 is 0 Å². The second-order valence-corrected chi connectivity index (χ2v) is 5.37. The fourth-order valence-corrected chi connectivity index (χ4v) is 3.08. The van der Waals surface area contributed by atoms with Crippen LogP contribution in [0, 0.1) is 17.8 Å². The molecule has 2 aliphatic rings. The molecule has 2 rings (SSSR count). The summed E-state index contributed by atoms with van der Waals surface area (Å²) in [6, 6.07) is 0.823. The van der Waals surface area contributed by atoms with Gasteiger partial charge in [0.25, 0.3) is 0 Å². The zero-order chi connectivity index (χ0) is 9.97. The van der Waals surface area contributed by atoms with Crippen LogP contribution in [0.5, 0.6) is 0 Å². The molecule has 0 heterocycles. The molecule has 2 fully saturated rings. The molecule has 82 valence electrons. The quantitative estimate of drug-likeness (QED) is 0.719. The number of rotatable bonds is 4. The Balaban J connectivity index is 1.65. The molecule has 0 aromatic rings. The van der Waals surface area contributed by atoms with Gasteiger partial charge in [0.05, 0.1) is 0 Å². The maximum absolute atomic E-state index is 5.77. The zero-order valence-electron chi connectivity index (χ0n) is 9.34. The average molecular weight is 196 g/mol. The van der Waals surface area contributed by atoms with Crippen LogP contribution in [0.15, 0.2) is 0 Å². The maximum Gasteiger partial charge on any atom is 0.00722 e. The molecule has 2 heteroatoms. The molecular weight excluding hydrogens is 172 g/mol. The number of nitrogens with one attached hydrogen (secondary N) is 1. The van der Waals surface area contributed by atoms with Crippen molar-refractivity contribution in [2.75, 3.05) is 13.1 Å². The van der Waals surface area contributed by atoms with E-state index in [0.717, 1.165) is 30.3 Å². The highest BCUT2D eigenvalue weighted by molar-refractivity contribution is 4.85. The zero-order valence-corrected chi connectivity index (χ0v) is 9.34. The number of nitrogens with two attached hydrogens (primary N) is 1. The van der Waals surface area contributed by atoms with Crippen LogP contribution in [0.4, 0.5) is 0 Å². The fourth-order valence-electron chi connectivity index (χ4n) is 3.08. The third-order valence-electron chi connectivity index (χ3n) is 4.16. The monoisotopic (exact) mass is 196 g/mol. The fraction of sp³-hybridized carbons (Fsp3) is 1.00. The van der Waals surface area contributed by atoms with E-state index in [1.54, 1.807) is 0 Å². The largest absolute Gasteiger partial charge is 0.330 e. The SMILES string of the molecule is CC1CC(NCC2CCCC2CN)C1. The summed E-state index contributed by atoms with van der Waals surface area (Å²) in [6.07, 6.45) is 6.94. The van der Waals surface area contributed by atoms with Crippen molar-refractivity contribution in [3.63, 3.8) is 0 Å². The molecule has 2 atom stereocenters. The molecule has 0 saturated heterocycles. The summed E-state index contributed by atoms with van der Waals surface area (Å²) < 4.78 is 0. The summed E-state index contributed by atoms with van der Waals surface area (Å²) in [7, 11) is 0. The third kappa shape index (κ3) is 2.29. The first kappa shape index (κ1) is 10.4. The number of hydrogen-bond acceptors (Lipinski definition) is 2. The predicted octanol–water partition coefficient (Wildman–Crippen LogP) is 1.75. The summed E-state index contributed by atoms with van der Waals surface area (Å²) in [5.74, 6) is 2.64. The molecule has 0 bridgehead atoms. The summed E-state index contributed by atoms with van der Waals surface area (Å²) in [6.45, 7) is 4.46. The van der Waals surface area contributed by atoms with Gasteiger partial charge >= 0.3 is 0 Å². The lowest BCUT2D eigenvalue weighted by Gasteiger charge is -2.35. The van der Waals surface area contributed by atoms with Gasteiger partial charge in [0.1, 0.15) is 0 Å². The molecule has 3 N–H and O–H groups in total. The van der Waals surface area contributed by atoms with Gasteiger partial charge in [-0.1, -0.05) is 13.3 Å². The van der Waals surface area contributed by atoms with E-state index in [0.29, 0.717) is 0 Å². The van der Waals surface area contributed by atoms with Gasteiger partial charge in [-0.2, -0.15) is 0 Å². The molecule has 0 aromatic carbocycles. The topological polar surface area (TPSA) is 38.0 Å². The molecule has 2 nitrogen and oxygen atoms in total. The molecule has 2 unspecified atom stereocenters. The minimum absolute atomic E-state index is 0.806. The van der Waals surface area contributed by atoms with Crippen molar-refractivity contribution >= 4 is 0 Å². The Hall–Kier alpha value is -0.0800. The van der Waals surface area contributed by atoms with Crippen LogP contribution in [0.1, 0.15) is 39.0 Å². The van der Waals surface area contributed by atoms with Gasteiger partial charge in [-0.15, -0.1) is 0 Å². The molecule has 2 saturated carbocycles. The van der Waals surface area contributed by atoms with Crippen LogP contribution in [0.3, 0.4) is 0 Å². The summed E-state index contributed by atoms with van der Waals surface area (Å²) in [4.78, 5) is 0. The second kappa shape index (κ2) is 4.63. The molecule has 0 aliphatic heterocycles. The molecule has 0 amide bonds. The molecule has 0 spiro atoms. The van der Waals surface area contributed by atoms with Crippen molar-refractivity contribution < 1.29 is 0 Å². The van der Waals surface area contributed by atoms with Crippen LogP contribution in [-0.4, -0.2) is 19.1 Å². The standard InChI is InChI=1S/C12H24N2/c1-9-5-12(6-9)14-8-11-4-2-3-10(11)7-13/h9-12,14H,2-8,13H2,1H3. The Labute approximate surface area is 87.6 Å². The molecular formula is C12H24N2. The molecule has 0 aromatic heterocycles. The Bertz CT molecular complexity index is 175. The highest BCUT2D eigenvalue weighted by Crippen LogP contribution is 2.32. The third-order valence-corrected chi connectivity index (χ3v) is 4.16. The van der Waals surface area contributed by atoms with Gasteiger partial charge in [-0.3, -0.25) is 0 Å². The average Bonchev–Trinajstić information content (AvgIpc) is 2.57. The van der Waals surface area contributed by atoms with Crippen LogP contribution in [-0.2, 0) is 0 Å². The van der Waals surface area contributed by atoms with Crippen LogP contribution < -0.4 is 11.1 Å². The second-order valence-electron chi connectivity index (χ2n) is 5.37. The van der Waals surface area contributed by atoms with Gasteiger partial charge < -0.3 is 11.1 Å². The lowest BCUT2D eigenvalue weighted by atomic mass is 9.81. The van der Waals surface area contributed by atoms with E-state index in [4.69, 9.17) is 5.73 Å². The Morgan fingerprint density at radius 3 is 2.57 bits per heavy atom. The smallest absolute Gasteiger partial charge is 0.00722 e. The van der Waals surface area contributed by atoms with Gasteiger partial charge in [0.15, 0.2) is 0 Å². The first-order valence-corrected chi connectivity index (χ1v) is 6.23. The normalized spacial score (nSPS) is 42.4. The van der Waals surface area contributed by atoms with Gasteiger partial charge in [-0.25, -0.2) is 0 Å². The first-order valence-electron chi connectivity index (χ1n) is 6.23. The molecule has 2 aliphatic carbocycles. The molecule has 14 heavy (non-hydrogen) atoms. The van der Waals surface area contributed by atoms with E-state index in [1.165, 1.54) is 38.6 Å². The first-order chi connectivity index (χ1) is 6.79. The predicted molar refractivity (Wildman–Crippen MR) is 60.1 cm³/mol. The highest BCUT2D eigenvalue weighted by atomic mass is 14.9. The van der Waals surface area contributed by atoms with Gasteiger partial charge in [-0.05, 0) is 56.5 Å². The van der Waals surface area contributed by atoms with Crippen molar-refractivity contribution in [3.05, 3.63) is 0 Å². The summed E-state index contributed by atoms with van der Waals surface area (Å²) >= 11 is 0. The minimum atomic E-state index is 0.806. The lowest BCUT2D eigenvalue weighted by molar-refractivity contribution is 0.223. The van der Waals surface area contributed by atoms with E-state index in [-0.39, 0.29) is 0 Å².